The number of thiazole rings is 1. The number of nitrogens with zero attached hydrogens (tertiary/aromatic N) is 1. The van der Waals surface area contributed by atoms with Crippen LogP contribution in [0.4, 0.5) is 5.69 Å². The molecule has 4 rings (SSSR count). The number of methoxy groups -OCH3 is 2. The number of fused-ring (bicyclic) bond motifs is 1. The van der Waals surface area contributed by atoms with Crippen LogP contribution in [0.2, 0.25) is 0 Å². The minimum atomic E-state index is -0.382. The van der Waals surface area contributed by atoms with E-state index in [-0.39, 0.29) is 22.6 Å². The van der Waals surface area contributed by atoms with Gasteiger partial charge in [-0.15, -0.1) is 11.3 Å². The highest BCUT2D eigenvalue weighted by molar-refractivity contribution is 7.13. The largest absolute Gasteiger partial charge is 1.00 e. The van der Waals surface area contributed by atoms with Crippen LogP contribution >= 0.6 is 11.3 Å². The molecule has 168 valence electrons. The molecule has 1 N–H and O–H groups in total. The minimum absolute atomic E-state index is 0. The van der Waals surface area contributed by atoms with Gasteiger partial charge in [0.05, 0.1) is 38.6 Å². The lowest BCUT2D eigenvalue weighted by molar-refractivity contribution is -0.828. The molecule has 0 fully saturated rings. The lowest BCUT2D eigenvalue weighted by Crippen LogP contribution is -3.06. The van der Waals surface area contributed by atoms with Crippen LogP contribution in [0.25, 0.3) is 32.8 Å². The normalized spacial score (nSPS) is 10.9. The maximum atomic E-state index is 12.7. The SMILES string of the molecule is CC[NH+](CC)c1ccc2cc(-c3nc(-c4ccc(OC)c(OC)c4)cs3)c(=O)oc2c1.[Br-]. The van der Waals surface area contributed by atoms with Crippen LogP contribution in [0.3, 0.4) is 0 Å². The standard InChI is InChI=1S/C24H24N2O4S.BrH/c1-5-26(6-2)17-9-7-16-11-18(24(27)30-21(16)13-17)23-25-19(14-31-23)15-8-10-20(28-3)22(12-15)29-4;/h7-14H,5-6H2,1-4H3;1H. The van der Waals surface area contributed by atoms with E-state index < -0.39 is 0 Å². The van der Waals surface area contributed by atoms with Crippen molar-refractivity contribution in [2.24, 2.45) is 0 Å². The second-order valence-electron chi connectivity index (χ2n) is 7.12. The zero-order chi connectivity index (χ0) is 22.0. The average molecular weight is 517 g/mol. The molecule has 0 aliphatic heterocycles. The first-order valence-corrected chi connectivity index (χ1v) is 11.1. The first kappa shape index (κ1) is 24.0. The van der Waals surface area contributed by atoms with Crippen LogP contribution in [-0.4, -0.2) is 32.3 Å². The van der Waals surface area contributed by atoms with Gasteiger partial charge >= 0.3 is 5.63 Å². The molecule has 0 bridgehead atoms. The van der Waals surface area contributed by atoms with Crippen molar-refractivity contribution in [2.45, 2.75) is 13.8 Å². The van der Waals surface area contributed by atoms with E-state index in [0.717, 1.165) is 35.4 Å². The summed E-state index contributed by atoms with van der Waals surface area (Å²) < 4.78 is 16.4. The van der Waals surface area contributed by atoms with Crippen LogP contribution in [0.5, 0.6) is 11.5 Å². The van der Waals surface area contributed by atoms with Gasteiger partial charge in [-0.1, -0.05) is 0 Å². The number of ether oxygens (including phenoxy) is 2. The van der Waals surface area contributed by atoms with Crippen LogP contribution in [0.15, 0.2) is 57.1 Å². The highest BCUT2D eigenvalue weighted by Crippen LogP contribution is 2.34. The molecule has 0 aliphatic carbocycles. The zero-order valence-corrected chi connectivity index (χ0v) is 20.8. The predicted octanol–water partition coefficient (Wildman–Crippen LogP) is 1.16. The molecule has 0 unspecified atom stereocenters. The number of aromatic nitrogens is 1. The van der Waals surface area contributed by atoms with Gasteiger partial charge in [0.15, 0.2) is 11.5 Å². The number of nitrogens with one attached hydrogen (secondary N) is 1. The predicted molar refractivity (Wildman–Crippen MR) is 124 cm³/mol. The molecule has 0 radical (unpaired) electrons. The molecule has 0 atom stereocenters. The second-order valence-corrected chi connectivity index (χ2v) is 7.98. The molecule has 2 aromatic heterocycles. The van der Waals surface area contributed by atoms with Gasteiger partial charge in [0.2, 0.25) is 0 Å². The molecule has 4 aromatic rings. The Labute approximate surface area is 201 Å². The molecule has 0 saturated heterocycles. The maximum Gasteiger partial charge on any atom is 0.346 e. The highest BCUT2D eigenvalue weighted by atomic mass is 79.9. The first-order chi connectivity index (χ1) is 15.1. The lowest BCUT2D eigenvalue weighted by atomic mass is 10.1. The first-order valence-electron chi connectivity index (χ1n) is 10.2. The van der Waals surface area contributed by atoms with Crippen molar-refractivity contribution in [1.29, 1.82) is 0 Å². The number of rotatable bonds is 7. The molecule has 0 saturated carbocycles. The van der Waals surface area contributed by atoms with E-state index in [9.17, 15) is 4.79 Å². The van der Waals surface area contributed by atoms with E-state index in [4.69, 9.17) is 13.9 Å². The number of quaternary nitrogens is 1. The number of benzene rings is 2. The fourth-order valence-corrected chi connectivity index (χ4v) is 4.50. The molecule has 8 heteroatoms. The van der Waals surface area contributed by atoms with Crippen molar-refractivity contribution in [3.63, 3.8) is 0 Å². The van der Waals surface area contributed by atoms with Crippen LogP contribution in [0, 0.1) is 0 Å². The Morgan fingerprint density at radius 2 is 1.75 bits per heavy atom. The maximum absolute atomic E-state index is 12.7. The fraction of sp³-hybridized carbons (Fsp3) is 0.250. The van der Waals surface area contributed by atoms with Gasteiger partial charge in [0.1, 0.15) is 16.3 Å². The summed E-state index contributed by atoms with van der Waals surface area (Å²) in [6.07, 6.45) is 0. The van der Waals surface area contributed by atoms with Gasteiger partial charge in [-0.25, -0.2) is 9.78 Å². The molecule has 32 heavy (non-hydrogen) atoms. The molecular weight excluding hydrogens is 492 g/mol. The second kappa shape index (κ2) is 10.3. The van der Waals surface area contributed by atoms with E-state index in [1.807, 2.05) is 41.8 Å². The smallest absolute Gasteiger partial charge is 0.346 e. The number of hydrogen-bond acceptors (Lipinski definition) is 6. The summed E-state index contributed by atoms with van der Waals surface area (Å²) in [5, 5.41) is 3.43. The minimum Gasteiger partial charge on any atom is -1.00 e. The van der Waals surface area contributed by atoms with Crippen LogP contribution < -0.4 is 37.0 Å². The molecule has 2 aromatic carbocycles. The topological polar surface area (TPSA) is 66.0 Å². The molecule has 2 heterocycles. The number of hydrogen-bond donors (Lipinski definition) is 1. The monoisotopic (exact) mass is 516 g/mol. The van der Waals surface area contributed by atoms with E-state index >= 15 is 0 Å². The van der Waals surface area contributed by atoms with Gasteiger partial charge < -0.3 is 35.8 Å². The van der Waals surface area contributed by atoms with Gasteiger partial charge in [0, 0.05) is 22.4 Å². The summed E-state index contributed by atoms with van der Waals surface area (Å²) in [6.45, 7) is 6.23. The molecule has 0 aliphatic rings. The lowest BCUT2D eigenvalue weighted by Gasteiger charge is -2.14. The summed E-state index contributed by atoms with van der Waals surface area (Å²) in [4.78, 5) is 18.8. The summed E-state index contributed by atoms with van der Waals surface area (Å²) in [7, 11) is 3.20. The average Bonchev–Trinajstić information content (AvgIpc) is 3.29. The Kier molecular flexibility index (Phi) is 7.71. The third-order valence-electron chi connectivity index (χ3n) is 5.41. The Morgan fingerprint density at radius 3 is 2.44 bits per heavy atom. The van der Waals surface area contributed by atoms with Gasteiger partial charge in [-0.05, 0) is 50.2 Å². The third kappa shape index (κ3) is 4.57. The Balaban J connectivity index is 0.00000289. The molecule has 0 amide bonds. The summed E-state index contributed by atoms with van der Waals surface area (Å²) in [6, 6.07) is 13.5. The Hall–Kier alpha value is -2.68. The van der Waals surface area contributed by atoms with Crippen molar-refractivity contribution in [1.82, 2.24) is 4.98 Å². The van der Waals surface area contributed by atoms with E-state index in [0.29, 0.717) is 27.7 Å². The number of halogens is 1. The van der Waals surface area contributed by atoms with Crippen molar-refractivity contribution < 1.29 is 35.8 Å². The van der Waals surface area contributed by atoms with E-state index in [2.05, 4.69) is 24.9 Å². The highest BCUT2D eigenvalue weighted by Gasteiger charge is 2.16. The van der Waals surface area contributed by atoms with Crippen LogP contribution in [0.1, 0.15) is 13.8 Å². The van der Waals surface area contributed by atoms with Crippen LogP contribution in [-0.2, 0) is 0 Å². The van der Waals surface area contributed by atoms with E-state index in [1.54, 1.807) is 14.2 Å². The zero-order valence-electron chi connectivity index (χ0n) is 18.4. The van der Waals surface area contributed by atoms with Gasteiger partial charge in [0.25, 0.3) is 0 Å². The summed E-state index contributed by atoms with van der Waals surface area (Å²) >= 11 is 1.41. The van der Waals surface area contributed by atoms with E-state index in [1.165, 1.54) is 16.2 Å². The molecular formula is C24H25BrN2O4S. The fourth-order valence-electron chi connectivity index (χ4n) is 3.66. The summed E-state index contributed by atoms with van der Waals surface area (Å²) in [5.41, 5.74) is 3.46. The van der Waals surface area contributed by atoms with Gasteiger partial charge in [-0.2, -0.15) is 0 Å². The Bertz CT molecular complexity index is 1280. The Morgan fingerprint density at radius 1 is 1.00 bits per heavy atom. The van der Waals surface area contributed by atoms with Gasteiger partial charge in [-0.3, -0.25) is 0 Å². The third-order valence-corrected chi connectivity index (χ3v) is 6.29. The van der Waals surface area contributed by atoms with Crippen molar-refractivity contribution in [2.75, 3.05) is 27.3 Å². The molecule has 0 spiro atoms. The van der Waals surface area contributed by atoms with Crippen molar-refractivity contribution in [3.8, 4) is 33.3 Å². The molecule has 6 nitrogen and oxygen atoms in total. The van der Waals surface area contributed by atoms with Crippen molar-refractivity contribution in [3.05, 3.63) is 58.3 Å². The quantitative estimate of drug-likeness (QED) is 0.373. The summed E-state index contributed by atoms with van der Waals surface area (Å²) in [5.74, 6) is 1.29. The van der Waals surface area contributed by atoms with Crippen molar-refractivity contribution >= 4 is 28.0 Å².